The highest BCUT2D eigenvalue weighted by atomic mass is 16.5. The molecular formula is C17H13NO2. The summed E-state index contributed by atoms with van der Waals surface area (Å²) in [6, 6.07) is 20.1. The Hall–Kier alpha value is -2.81. The zero-order valence-corrected chi connectivity index (χ0v) is 10.7. The summed E-state index contributed by atoms with van der Waals surface area (Å²) in [5, 5.41) is 1.90. The fourth-order valence-electron chi connectivity index (χ4n) is 2.10. The molecule has 0 spiro atoms. The van der Waals surface area contributed by atoms with E-state index >= 15 is 0 Å². The zero-order valence-electron chi connectivity index (χ0n) is 10.7. The predicted molar refractivity (Wildman–Crippen MR) is 79.8 cm³/mol. The van der Waals surface area contributed by atoms with Gasteiger partial charge in [-0.3, -0.25) is 0 Å². The largest absolute Gasteiger partial charge is 0.423 e. The molecule has 0 saturated heterocycles. The van der Waals surface area contributed by atoms with E-state index in [1.54, 1.807) is 30.3 Å². The van der Waals surface area contributed by atoms with Gasteiger partial charge in [-0.05, 0) is 41.1 Å². The van der Waals surface area contributed by atoms with Gasteiger partial charge in [0.2, 0.25) is 0 Å². The van der Waals surface area contributed by atoms with Crippen LogP contribution in [0.4, 0.5) is 5.69 Å². The third kappa shape index (κ3) is 2.34. The fourth-order valence-corrected chi connectivity index (χ4v) is 2.10. The number of nitrogen functional groups attached to an aromatic ring is 1. The molecule has 20 heavy (non-hydrogen) atoms. The first-order valence-electron chi connectivity index (χ1n) is 6.29. The first kappa shape index (κ1) is 12.2. The first-order chi connectivity index (χ1) is 9.74. The van der Waals surface area contributed by atoms with E-state index in [4.69, 9.17) is 10.5 Å². The van der Waals surface area contributed by atoms with E-state index in [0.29, 0.717) is 17.0 Å². The molecule has 0 fully saturated rings. The normalized spacial score (nSPS) is 10.4. The average molecular weight is 263 g/mol. The van der Waals surface area contributed by atoms with Crippen molar-refractivity contribution in [2.24, 2.45) is 0 Å². The number of carbonyl (C=O) groups excluding carboxylic acids is 1. The molecule has 3 aromatic carbocycles. The van der Waals surface area contributed by atoms with Gasteiger partial charge in [0.15, 0.2) is 0 Å². The molecule has 0 aliphatic carbocycles. The van der Waals surface area contributed by atoms with E-state index in [2.05, 4.69) is 0 Å². The van der Waals surface area contributed by atoms with Crippen molar-refractivity contribution in [2.75, 3.05) is 5.73 Å². The van der Waals surface area contributed by atoms with Gasteiger partial charge >= 0.3 is 5.97 Å². The van der Waals surface area contributed by atoms with Crippen LogP contribution in [0.15, 0.2) is 66.7 Å². The second kappa shape index (κ2) is 5.05. The molecule has 0 aliphatic rings. The Bertz CT molecular complexity index is 758. The van der Waals surface area contributed by atoms with Crippen molar-refractivity contribution in [1.82, 2.24) is 0 Å². The molecule has 0 heterocycles. The van der Waals surface area contributed by atoms with E-state index in [-0.39, 0.29) is 5.97 Å². The van der Waals surface area contributed by atoms with Crippen molar-refractivity contribution in [2.45, 2.75) is 0 Å². The van der Waals surface area contributed by atoms with Crippen LogP contribution in [0, 0.1) is 0 Å². The molecule has 0 aromatic heterocycles. The Labute approximate surface area is 116 Å². The van der Waals surface area contributed by atoms with Crippen LogP contribution in [0.2, 0.25) is 0 Å². The monoisotopic (exact) mass is 263 g/mol. The summed E-state index contributed by atoms with van der Waals surface area (Å²) in [4.78, 5) is 12.3. The van der Waals surface area contributed by atoms with Gasteiger partial charge in [0.25, 0.3) is 0 Å². The summed E-state index contributed by atoms with van der Waals surface area (Å²) in [5.74, 6) is 0.115. The van der Waals surface area contributed by atoms with Crippen LogP contribution < -0.4 is 10.5 Å². The van der Waals surface area contributed by atoms with Crippen LogP contribution in [-0.2, 0) is 0 Å². The van der Waals surface area contributed by atoms with Crippen LogP contribution in [0.3, 0.4) is 0 Å². The number of rotatable bonds is 2. The van der Waals surface area contributed by atoms with Crippen molar-refractivity contribution in [3.63, 3.8) is 0 Å². The van der Waals surface area contributed by atoms with Crippen molar-refractivity contribution >= 4 is 22.4 Å². The van der Waals surface area contributed by atoms with Gasteiger partial charge in [-0.25, -0.2) is 4.79 Å². The molecule has 0 bridgehead atoms. The molecule has 0 aliphatic heterocycles. The minimum atomic E-state index is -0.369. The maximum atomic E-state index is 12.3. The molecule has 3 aromatic rings. The van der Waals surface area contributed by atoms with E-state index in [1.165, 1.54) is 0 Å². The average Bonchev–Trinajstić information content (AvgIpc) is 2.49. The summed E-state index contributed by atoms with van der Waals surface area (Å²) in [7, 11) is 0. The maximum Gasteiger partial charge on any atom is 0.344 e. The Balaban J connectivity index is 1.94. The molecule has 0 radical (unpaired) electrons. The van der Waals surface area contributed by atoms with Crippen LogP contribution in [-0.4, -0.2) is 5.97 Å². The number of ether oxygens (including phenoxy) is 1. The molecule has 0 unspecified atom stereocenters. The Kier molecular flexibility index (Phi) is 3.09. The number of hydrogen-bond donors (Lipinski definition) is 1. The van der Waals surface area contributed by atoms with Crippen LogP contribution in [0.5, 0.6) is 5.75 Å². The fraction of sp³-hybridized carbons (Fsp3) is 0. The van der Waals surface area contributed by atoms with Crippen molar-refractivity contribution in [3.8, 4) is 5.75 Å². The highest BCUT2D eigenvalue weighted by molar-refractivity contribution is 6.05. The minimum Gasteiger partial charge on any atom is -0.423 e. The van der Waals surface area contributed by atoms with Gasteiger partial charge in [-0.2, -0.15) is 0 Å². The van der Waals surface area contributed by atoms with Gasteiger partial charge < -0.3 is 10.5 Å². The Morgan fingerprint density at radius 2 is 1.55 bits per heavy atom. The first-order valence-corrected chi connectivity index (χ1v) is 6.29. The van der Waals surface area contributed by atoms with Crippen LogP contribution in [0.25, 0.3) is 10.8 Å². The molecule has 0 amide bonds. The van der Waals surface area contributed by atoms with Gasteiger partial charge in [-0.15, -0.1) is 0 Å². The van der Waals surface area contributed by atoms with E-state index in [1.807, 2.05) is 36.4 Å². The summed E-state index contributed by atoms with van der Waals surface area (Å²) >= 11 is 0. The van der Waals surface area contributed by atoms with E-state index in [0.717, 1.165) is 10.8 Å². The highest BCUT2D eigenvalue weighted by Crippen LogP contribution is 2.21. The lowest BCUT2D eigenvalue weighted by Gasteiger charge is -2.07. The highest BCUT2D eigenvalue weighted by Gasteiger charge is 2.11. The van der Waals surface area contributed by atoms with Gasteiger partial charge in [0, 0.05) is 5.69 Å². The Morgan fingerprint density at radius 1 is 0.850 bits per heavy atom. The summed E-state index contributed by atoms with van der Waals surface area (Å²) < 4.78 is 5.37. The van der Waals surface area contributed by atoms with Crippen LogP contribution in [0.1, 0.15) is 10.4 Å². The molecule has 3 rings (SSSR count). The predicted octanol–water partition coefficient (Wildman–Crippen LogP) is 3.64. The van der Waals surface area contributed by atoms with Crippen molar-refractivity contribution in [1.29, 1.82) is 0 Å². The lowest BCUT2D eigenvalue weighted by atomic mass is 10.0. The molecule has 98 valence electrons. The van der Waals surface area contributed by atoms with Crippen molar-refractivity contribution in [3.05, 3.63) is 72.3 Å². The topological polar surface area (TPSA) is 52.3 Å². The molecule has 0 atom stereocenters. The number of nitrogens with two attached hydrogens (primary N) is 1. The second-order valence-corrected chi connectivity index (χ2v) is 4.49. The zero-order chi connectivity index (χ0) is 13.9. The molecule has 0 saturated carbocycles. The molecule has 2 N–H and O–H groups in total. The summed E-state index contributed by atoms with van der Waals surface area (Å²) in [6.07, 6.45) is 0. The smallest absolute Gasteiger partial charge is 0.344 e. The van der Waals surface area contributed by atoms with E-state index in [9.17, 15) is 4.79 Å². The number of anilines is 1. The summed E-state index contributed by atoms with van der Waals surface area (Å²) in [6.45, 7) is 0. The third-order valence-electron chi connectivity index (χ3n) is 3.10. The van der Waals surface area contributed by atoms with Gasteiger partial charge in [0.1, 0.15) is 5.75 Å². The number of fused-ring (bicyclic) bond motifs is 1. The number of carbonyl (C=O) groups is 1. The summed E-state index contributed by atoms with van der Waals surface area (Å²) in [5.41, 5.74) is 6.79. The maximum absolute atomic E-state index is 12.3. The SMILES string of the molecule is Nc1ccc(OC(=O)c2cccc3ccccc23)cc1. The molecule has 3 heteroatoms. The lowest BCUT2D eigenvalue weighted by molar-refractivity contribution is 0.0737. The number of benzene rings is 3. The van der Waals surface area contributed by atoms with Crippen molar-refractivity contribution < 1.29 is 9.53 Å². The van der Waals surface area contributed by atoms with E-state index < -0.39 is 0 Å². The third-order valence-corrected chi connectivity index (χ3v) is 3.10. The van der Waals surface area contributed by atoms with Crippen LogP contribution >= 0.6 is 0 Å². The quantitative estimate of drug-likeness (QED) is 0.436. The standard InChI is InChI=1S/C17H13NO2/c18-13-8-10-14(11-9-13)20-17(19)16-7-3-5-12-4-1-2-6-15(12)16/h1-11H,18H2. The molecular weight excluding hydrogens is 250 g/mol. The number of hydrogen-bond acceptors (Lipinski definition) is 3. The Morgan fingerprint density at radius 3 is 2.35 bits per heavy atom. The molecule has 3 nitrogen and oxygen atoms in total. The minimum absolute atomic E-state index is 0.369. The number of esters is 1. The van der Waals surface area contributed by atoms with Gasteiger partial charge in [0.05, 0.1) is 5.56 Å². The van der Waals surface area contributed by atoms with Gasteiger partial charge in [-0.1, -0.05) is 36.4 Å². The lowest BCUT2D eigenvalue weighted by Crippen LogP contribution is -2.09. The second-order valence-electron chi connectivity index (χ2n) is 4.49.